The molecule has 0 bridgehead atoms. The molecule has 29 heavy (non-hydrogen) atoms. The van der Waals surface area contributed by atoms with Crippen LogP contribution in [-0.4, -0.2) is 53.3 Å². The van der Waals surface area contributed by atoms with E-state index in [4.69, 9.17) is 16.6 Å². The molecule has 0 fully saturated rings. The third kappa shape index (κ3) is 8.84. The van der Waals surface area contributed by atoms with Gasteiger partial charge in [-0.3, -0.25) is 14.4 Å². The molecule has 9 nitrogen and oxygen atoms in total. The smallest absolute Gasteiger partial charge is 0.374 e. The van der Waals surface area contributed by atoms with Crippen molar-refractivity contribution >= 4 is 23.6 Å². The minimum atomic E-state index is -1.64. The van der Waals surface area contributed by atoms with E-state index in [1.807, 2.05) is 0 Å². The molecule has 0 aliphatic carbocycles. The van der Waals surface area contributed by atoms with E-state index in [1.54, 1.807) is 30.3 Å². The zero-order valence-electron chi connectivity index (χ0n) is 16.6. The van der Waals surface area contributed by atoms with Gasteiger partial charge in [0.05, 0.1) is 6.04 Å². The Morgan fingerprint density at radius 2 is 1.66 bits per heavy atom. The summed E-state index contributed by atoms with van der Waals surface area (Å²) in [5, 5.41) is 13.9. The van der Waals surface area contributed by atoms with Crippen molar-refractivity contribution in [1.29, 1.82) is 0 Å². The Hall–Kier alpha value is -2.78. The van der Waals surface area contributed by atoms with Crippen molar-refractivity contribution in [1.82, 2.24) is 10.6 Å². The van der Waals surface area contributed by atoms with Crippen molar-refractivity contribution in [2.75, 3.05) is 6.54 Å². The van der Waals surface area contributed by atoms with E-state index in [1.165, 1.54) is 6.92 Å². The molecule has 1 rings (SSSR count). The maximum atomic E-state index is 12.4. The normalized spacial score (nSPS) is 13.8. The monoisotopic (exact) mass is 406 g/mol. The molecule has 160 valence electrons. The second-order valence-corrected chi connectivity index (χ2v) is 6.90. The van der Waals surface area contributed by atoms with Crippen LogP contribution in [0.15, 0.2) is 30.3 Å². The second kappa shape index (κ2) is 12.6. The molecular formula is C20H30N4O5. The number of hydrogen-bond acceptors (Lipinski definition) is 6. The van der Waals surface area contributed by atoms with Crippen LogP contribution < -0.4 is 22.1 Å². The van der Waals surface area contributed by atoms with Gasteiger partial charge in [-0.15, -0.1) is 0 Å². The number of hydrogen-bond donors (Lipinski definition) is 5. The molecule has 0 saturated carbocycles. The number of carbonyl (C=O) groups excluding carboxylic acids is 3. The number of amides is 2. The van der Waals surface area contributed by atoms with Crippen LogP contribution in [0, 0.1) is 0 Å². The lowest BCUT2D eigenvalue weighted by Gasteiger charge is -2.21. The number of rotatable bonds is 13. The van der Waals surface area contributed by atoms with Crippen LogP contribution in [0.3, 0.4) is 0 Å². The number of Topliss-reactive ketones (excluding diaryl/α,β-unsaturated/α-hetero) is 1. The standard InChI is InChI=1S/C20H30N4O5/c1-13(23-19(27)15(22)10-6-3-7-11-21)18(26)24-16(17(25)20(28)29)12-14-8-4-2-5-9-14/h2,4-5,8-9,13,15-16H,3,6-7,10-12,21-22H2,1H3,(H,23,27)(H,24,26)(H,28,29)/t13-,15-,16-/m0/s1. The quantitative estimate of drug-likeness (QED) is 0.222. The van der Waals surface area contributed by atoms with Gasteiger partial charge in [0.15, 0.2) is 0 Å². The summed E-state index contributed by atoms with van der Waals surface area (Å²) in [5.41, 5.74) is 11.9. The molecule has 0 spiro atoms. The SMILES string of the molecule is C[C@H](NC(=O)[C@@H](N)CCCCCN)C(=O)N[C@@H](Cc1ccccc1)C(=O)C(=O)O. The molecule has 2 amide bonds. The first-order chi connectivity index (χ1) is 13.8. The van der Waals surface area contributed by atoms with Gasteiger partial charge in [-0.05, 0) is 31.9 Å². The summed E-state index contributed by atoms with van der Waals surface area (Å²) in [6.07, 6.45) is 2.96. The molecule has 0 saturated heterocycles. The minimum Gasteiger partial charge on any atom is -0.475 e. The topological polar surface area (TPSA) is 165 Å². The van der Waals surface area contributed by atoms with Crippen LogP contribution in [-0.2, 0) is 25.6 Å². The average Bonchev–Trinajstić information content (AvgIpc) is 2.70. The molecule has 7 N–H and O–H groups in total. The maximum Gasteiger partial charge on any atom is 0.374 e. The van der Waals surface area contributed by atoms with Crippen molar-refractivity contribution in [3.8, 4) is 0 Å². The minimum absolute atomic E-state index is 0.0268. The van der Waals surface area contributed by atoms with Crippen LogP contribution in [0.5, 0.6) is 0 Å². The molecule has 1 aromatic rings. The van der Waals surface area contributed by atoms with E-state index >= 15 is 0 Å². The third-order valence-corrected chi connectivity index (χ3v) is 4.43. The van der Waals surface area contributed by atoms with Gasteiger partial charge in [0.2, 0.25) is 11.8 Å². The molecule has 3 atom stereocenters. The summed E-state index contributed by atoms with van der Waals surface area (Å²) in [6, 6.07) is 5.75. The van der Waals surface area contributed by atoms with Crippen LogP contribution in [0.2, 0.25) is 0 Å². The van der Waals surface area contributed by atoms with E-state index < -0.39 is 41.7 Å². The van der Waals surface area contributed by atoms with Crippen LogP contribution in [0.1, 0.15) is 38.2 Å². The van der Waals surface area contributed by atoms with E-state index in [0.29, 0.717) is 18.5 Å². The fraction of sp³-hybridized carbons (Fsp3) is 0.500. The number of carbonyl (C=O) groups is 4. The van der Waals surface area contributed by atoms with E-state index in [9.17, 15) is 19.2 Å². The zero-order valence-corrected chi connectivity index (χ0v) is 16.6. The average molecular weight is 406 g/mol. The zero-order chi connectivity index (χ0) is 21.8. The molecule has 0 aliphatic heterocycles. The lowest BCUT2D eigenvalue weighted by atomic mass is 10.0. The highest BCUT2D eigenvalue weighted by molar-refractivity contribution is 6.35. The fourth-order valence-electron chi connectivity index (χ4n) is 2.71. The second-order valence-electron chi connectivity index (χ2n) is 6.90. The summed E-state index contributed by atoms with van der Waals surface area (Å²) in [6.45, 7) is 2.02. The molecule has 0 heterocycles. The van der Waals surface area contributed by atoms with Crippen LogP contribution >= 0.6 is 0 Å². The summed E-state index contributed by atoms with van der Waals surface area (Å²) >= 11 is 0. The van der Waals surface area contributed by atoms with Gasteiger partial charge in [0, 0.05) is 6.42 Å². The Bertz CT molecular complexity index is 695. The van der Waals surface area contributed by atoms with Crippen molar-refractivity contribution in [2.45, 2.75) is 57.2 Å². The molecular weight excluding hydrogens is 376 g/mol. The maximum absolute atomic E-state index is 12.4. The van der Waals surface area contributed by atoms with E-state index in [-0.39, 0.29) is 6.42 Å². The first kappa shape index (κ1) is 24.3. The Labute approximate surface area is 170 Å². The number of nitrogens with one attached hydrogen (secondary N) is 2. The first-order valence-electron chi connectivity index (χ1n) is 9.63. The van der Waals surface area contributed by atoms with Crippen molar-refractivity contribution < 1.29 is 24.3 Å². The van der Waals surface area contributed by atoms with Gasteiger partial charge in [-0.1, -0.05) is 43.2 Å². The van der Waals surface area contributed by atoms with Gasteiger partial charge in [0.25, 0.3) is 5.78 Å². The largest absolute Gasteiger partial charge is 0.475 e. The third-order valence-electron chi connectivity index (χ3n) is 4.43. The van der Waals surface area contributed by atoms with Gasteiger partial charge in [-0.2, -0.15) is 0 Å². The highest BCUT2D eigenvalue weighted by Gasteiger charge is 2.29. The molecule has 1 aromatic carbocycles. The predicted octanol–water partition coefficient (Wildman–Crippen LogP) is -0.281. The van der Waals surface area contributed by atoms with Gasteiger partial charge < -0.3 is 27.2 Å². The summed E-state index contributed by atoms with van der Waals surface area (Å²) in [4.78, 5) is 47.6. The highest BCUT2D eigenvalue weighted by Crippen LogP contribution is 2.06. The fourth-order valence-corrected chi connectivity index (χ4v) is 2.71. The van der Waals surface area contributed by atoms with Gasteiger partial charge >= 0.3 is 5.97 Å². The summed E-state index contributed by atoms with van der Waals surface area (Å²) < 4.78 is 0. The van der Waals surface area contributed by atoms with Crippen molar-refractivity contribution in [3.05, 3.63) is 35.9 Å². The summed E-state index contributed by atoms with van der Waals surface area (Å²) in [5.74, 6) is -3.91. The lowest BCUT2D eigenvalue weighted by Crippen LogP contribution is -2.54. The number of benzene rings is 1. The Morgan fingerprint density at radius 1 is 1.00 bits per heavy atom. The predicted molar refractivity (Wildman–Crippen MR) is 108 cm³/mol. The highest BCUT2D eigenvalue weighted by atomic mass is 16.4. The Balaban J connectivity index is 2.64. The van der Waals surface area contributed by atoms with Crippen LogP contribution in [0.25, 0.3) is 0 Å². The number of nitrogens with two attached hydrogens (primary N) is 2. The number of carboxylic acids is 1. The number of ketones is 1. The Morgan fingerprint density at radius 3 is 2.24 bits per heavy atom. The number of aliphatic carboxylic acids is 1. The lowest BCUT2D eigenvalue weighted by molar-refractivity contribution is -0.150. The molecule has 0 aliphatic rings. The van der Waals surface area contributed by atoms with Gasteiger partial charge in [-0.25, -0.2) is 4.79 Å². The molecule has 0 unspecified atom stereocenters. The van der Waals surface area contributed by atoms with E-state index in [0.717, 1.165) is 19.3 Å². The van der Waals surface area contributed by atoms with Crippen molar-refractivity contribution in [3.63, 3.8) is 0 Å². The molecule has 9 heteroatoms. The number of carboxylic acid groups (broad SMARTS) is 1. The van der Waals surface area contributed by atoms with Gasteiger partial charge in [0.1, 0.15) is 12.1 Å². The Kier molecular flexibility index (Phi) is 10.6. The van der Waals surface area contributed by atoms with Crippen molar-refractivity contribution in [2.24, 2.45) is 11.5 Å². The summed E-state index contributed by atoms with van der Waals surface area (Å²) in [7, 11) is 0. The molecule has 0 aromatic heterocycles. The first-order valence-corrected chi connectivity index (χ1v) is 9.63. The van der Waals surface area contributed by atoms with E-state index in [2.05, 4.69) is 10.6 Å². The number of unbranched alkanes of at least 4 members (excludes halogenated alkanes) is 2. The van der Waals surface area contributed by atoms with Crippen LogP contribution in [0.4, 0.5) is 0 Å². The molecule has 0 radical (unpaired) electrons.